The molecular formula is C15H28N4O2. The molecule has 0 aliphatic carbocycles. The van der Waals surface area contributed by atoms with Crippen LogP contribution in [0.5, 0.6) is 0 Å². The molecule has 0 aromatic carbocycles. The van der Waals surface area contributed by atoms with Gasteiger partial charge in [-0.05, 0) is 6.42 Å². The highest BCUT2D eigenvalue weighted by Crippen LogP contribution is 2.10. The highest BCUT2D eigenvalue weighted by molar-refractivity contribution is 5.79. The number of hydrogen-bond donors (Lipinski definition) is 1. The second-order valence-electron chi connectivity index (χ2n) is 5.41. The van der Waals surface area contributed by atoms with Gasteiger partial charge in [-0.2, -0.15) is 5.26 Å². The second-order valence-corrected chi connectivity index (χ2v) is 5.41. The molecule has 2 N–H and O–H groups in total. The summed E-state index contributed by atoms with van der Waals surface area (Å²) >= 11 is 0. The first kappa shape index (κ1) is 17.9. The van der Waals surface area contributed by atoms with Gasteiger partial charge in [0.1, 0.15) is 0 Å². The Hall–Kier alpha value is -1.16. The van der Waals surface area contributed by atoms with Gasteiger partial charge in [-0.3, -0.25) is 9.69 Å². The summed E-state index contributed by atoms with van der Waals surface area (Å²) < 4.78 is 5.32. The molecule has 0 bridgehead atoms. The van der Waals surface area contributed by atoms with Gasteiger partial charge in [-0.1, -0.05) is 13.3 Å². The molecule has 6 heteroatoms. The van der Waals surface area contributed by atoms with Gasteiger partial charge in [0.2, 0.25) is 5.91 Å². The van der Waals surface area contributed by atoms with E-state index in [1.165, 1.54) is 0 Å². The lowest BCUT2D eigenvalue weighted by molar-refractivity contribution is -0.135. The topological polar surface area (TPSA) is 82.6 Å². The molecule has 1 fully saturated rings. The lowest BCUT2D eigenvalue weighted by atomic mass is 10.0. The number of carbonyl (C=O) groups is 1. The molecule has 0 aromatic heterocycles. The van der Waals surface area contributed by atoms with Gasteiger partial charge >= 0.3 is 0 Å². The summed E-state index contributed by atoms with van der Waals surface area (Å²) in [5.41, 5.74) is 5.73. The third-order valence-corrected chi connectivity index (χ3v) is 3.87. The molecule has 0 spiro atoms. The highest BCUT2D eigenvalue weighted by Gasteiger charge is 2.23. The molecule has 120 valence electrons. The Morgan fingerprint density at radius 2 is 2.14 bits per heavy atom. The Bertz CT molecular complexity index is 337. The number of hydrogen-bond acceptors (Lipinski definition) is 5. The number of carbonyl (C=O) groups excluding carboxylic acids is 1. The molecule has 1 atom stereocenters. The monoisotopic (exact) mass is 296 g/mol. The van der Waals surface area contributed by atoms with Gasteiger partial charge in [-0.25, -0.2) is 0 Å². The molecule has 6 nitrogen and oxygen atoms in total. The molecule has 0 aromatic rings. The minimum atomic E-state index is -0.113. The fraction of sp³-hybridized carbons (Fsp3) is 0.867. The van der Waals surface area contributed by atoms with Crippen molar-refractivity contribution in [3.05, 3.63) is 0 Å². The predicted octanol–water partition coefficient (Wildman–Crippen LogP) is 0.436. The fourth-order valence-corrected chi connectivity index (χ4v) is 2.55. The van der Waals surface area contributed by atoms with Crippen LogP contribution in [0, 0.1) is 17.2 Å². The van der Waals surface area contributed by atoms with E-state index in [-0.39, 0.29) is 11.8 Å². The van der Waals surface area contributed by atoms with Crippen LogP contribution in [0.4, 0.5) is 0 Å². The smallest absolute Gasteiger partial charge is 0.227 e. The molecule has 1 saturated heterocycles. The summed E-state index contributed by atoms with van der Waals surface area (Å²) in [6, 6.07) is 2.12. The van der Waals surface area contributed by atoms with Crippen molar-refractivity contribution in [3.63, 3.8) is 0 Å². The van der Waals surface area contributed by atoms with Crippen molar-refractivity contribution in [2.75, 3.05) is 52.5 Å². The van der Waals surface area contributed by atoms with Crippen molar-refractivity contribution in [1.82, 2.24) is 9.80 Å². The Kier molecular flexibility index (Phi) is 8.99. The molecule has 1 heterocycles. The Balaban J connectivity index is 2.52. The summed E-state index contributed by atoms with van der Waals surface area (Å²) in [5.74, 6) is -0.0127. The third kappa shape index (κ3) is 6.42. The van der Waals surface area contributed by atoms with Crippen molar-refractivity contribution in [1.29, 1.82) is 5.26 Å². The van der Waals surface area contributed by atoms with Crippen molar-refractivity contribution in [2.45, 2.75) is 26.2 Å². The Morgan fingerprint density at radius 1 is 1.43 bits per heavy atom. The summed E-state index contributed by atoms with van der Waals surface area (Å²) in [6.07, 6.45) is 2.14. The molecule has 21 heavy (non-hydrogen) atoms. The van der Waals surface area contributed by atoms with E-state index in [9.17, 15) is 4.79 Å². The lowest BCUT2D eigenvalue weighted by Crippen LogP contribution is -2.46. The van der Waals surface area contributed by atoms with E-state index in [2.05, 4.69) is 17.9 Å². The number of morpholine rings is 1. The number of nitrogens with zero attached hydrogens (tertiary/aromatic N) is 3. The number of nitriles is 1. The van der Waals surface area contributed by atoms with Gasteiger partial charge in [0.05, 0.1) is 31.6 Å². The number of ether oxygens (including phenoxy) is 1. The molecule has 1 amide bonds. The zero-order valence-electron chi connectivity index (χ0n) is 13.1. The predicted molar refractivity (Wildman–Crippen MR) is 81.5 cm³/mol. The minimum Gasteiger partial charge on any atom is -0.379 e. The maximum absolute atomic E-state index is 12.5. The average Bonchev–Trinajstić information content (AvgIpc) is 2.53. The lowest BCUT2D eigenvalue weighted by Gasteiger charge is -2.31. The van der Waals surface area contributed by atoms with Crippen LogP contribution in [0.2, 0.25) is 0 Å². The Morgan fingerprint density at radius 3 is 2.71 bits per heavy atom. The maximum atomic E-state index is 12.5. The van der Waals surface area contributed by atoms with Crippen molar-refractivity contribution in [3.8, 4) is 6.07 Å². The van der Waals surface area contributed by atoms with Crippen LogP contribution in [0.15, 0.2) is 0 Å². The first-order chi connectivity index (χ1) is 10.2. The van der Waals surface area contributed by atoms with Gasteiger partial charge in [-0.15, -0.1) is 0 Å². The molecule has 1 aliphatic rings. The summed E-state index contributed by atoms with van der Waals surface area (Å²) in [4.78, 5) is 16.6. The van der Waals surface area contributed by atoms with E-state index in [0.29, 0.717) is 26.1 Å². The largest absolute Gasteiger partial charge is 0.379 e. The first-order valence-electron chi connectivity index (χ1n) is 7.88. The summed E-state index contributed by atoms with van der Waals surface area (Å²) in [5, 5.41) is 8.77. The van der Waals surface area contributed by atoms with E-state index in [1.807, 2.05) is 4.90 Å². The molecular weight excluding hydrogens is 268 g/mol. The summed E-state index contributed by atoms with van der Waals surface area (Å²) in [6.45, 7) is 7.78. The quantitative estimate of drug-likeness (QED) is 0.667. The molecule has 1 unspecified atom stereocenters. The van der Waals surface area contributed by atoms with Crippen molar-refractivity contribution >= 4 is 5.91 Å². The van der Waals surface area contributed by atoms with E-state index >= 15 is 0 Å². The zero-order chi connectivity index (χ0) is 15.5. The fourth-order valence-electron chi connectivity index (χ4n) is 2.55. The van der Waals surface area contributed by atoms with Crippen molar-refractivity contribution < 1.29 is 9.53 Å². The van der Waals surface area contributed by atoms with Crippen molar-refractivity contribution in [2.24, 2.45) is 11.7 Å². The van der Waals surface area contributed by atoms with Gasteiger partial charge in [0.15, 0.2) is 0 Å². The summed E-state index contributed by atoms with van der Waals surface area (Å²) in [7, 11) is 0. The van der Waals surface area contributed by atoms with E-state index < -0.39 is 0 Å². The van der Waals surface area contributed by atoms with E-state index in [4.69, 9.17) is 15.7 Å². The first-order valence-corrected chi connectivity index (χ1v) is 7.88. The van der Waals surface area contributed by atoms with Crippen LogP contribution in [-0.4, -0.2) is 68.2 Å². The minimum absolute atomic E-state index is 0.0999. The normalized spacial score (nSPS) is 17.2. The van der Waals surface area contributed by atoms with Crippen LogP contribution in [0.25, 0.3) is 0 Å². The van der Waals surface area contributed by atoms with Crippen LogP contribution in [0.1, 0.15) is 26.2 Å². The zero-order valence-corrected chi connectivity index (χ0v) is 13.1. The molecule has 0 saturated carbocycles. The average molecular weight is 296 g/mol. The number of nitrogens with two attached hydrogens (primary N) is 1. The molecule has 1 aliphatic heterocycles. The molecule has 0 radical (unpaired) electrons. The SMILES string of the molecule is CCCC(CN)C(=O)N(CCC#N)CCN1CCOCC1. The number of amides is 1. The van der Waals surface area contributed by atoms with E-state index in [0.717, 1.165) is 45.7 Å². The molecule has 1 rings (SSSR count). The highest BCUT2D eigenvalue weighted by atomic mass is 16.5. The van der Waals surface area contributed by atoms with Crippen LogP contribution in [-0.2, 0) is 9.53 Å². The van der Waals surface area contributed by atoms with Gasteiger partial charge in [0.25, 0.3) is 0 Å². The second kappa shape index (κ2) is 10.6. The third-order valence-electron chi connectivity index (χ3n) is 3.87. The van der Waals surface area contributed by atoms with Gasteiger partial charge in [0, 0.05) is 39.3 Å². The van der Waals surface area contributed by atoms with Crippen LogP contribution >= 0.6 is 0 Å². The van der Waals surface area contributed by atoms with Gasteiger partial charge < -0.3 is 15.4 Å². The van der Waals surface area contributed by atoms with Crippen LogP contribution < -0.4 is 5.73 Å². The Labute approximate surface area is 127 Å². The number of rotatable bonds is 9. The maximum Gasteiger partial charge on any atom is 0.227 e. The van der Waals surface area contributed by atoms with E-state index in [1.54, 1.807) is 0 Å². The standard InChI is InChI=1S/C15H28N4O2/c1-2-4-14(13-17)15(20)19(6-3-5-16)8-7-18-9-11-21-12-10-18/h14H,2-4,6-13,17H2,1H3. The van der Waals surface area contributed by atoms with Crippen LogP contribution in [0.3, 0.4) is 0 Å².